The van der Waals surface area contributed by atoms with Gasteiger partial charge in [0, 0.05) is 24.2 Å². The SMILES string of the molecule is COc1cnc2c(-c3nc4cc(F)c(O[C@@H](C)[C@@H](C)OC(=O)Nc5ccc(C(=O)N6CCOC[C@@H]6CO)nc5)cc4s3)cc(C)cc2n1. The van der Waals surface area contributed by atoms with Crippen molar-refractivity contribution in [2.45, 2.75) is 39.0 Å². The van der Waals surface area contributed by atoms with Crippen LogP contribution in [0.1, 0.15) is 29.9 Å². The van der Waals surface area contributed by atoms with Crippen molar-refractivity contribution in [2.75, 3.05) is 38.8 Å². The summed E-state index contributed by atoms with van der Waals surface area (Å²) in [5, 5.41) is 12.8. The fraction of sp³-hybridized carbons (Fsp3) is 0.333. The van der Waals surface area contributed by atoms with Gasteiger partial charge in [0.1, 0.15) is 22.9 Å². The van der Waals surface area contributed by atoms with Crippen LogP contribution < -0.4 is 14.8 Å². The fourth-order valence-electron chi connectivity index (χ4n) is 5.17. The van der Waals surface area contributed by atoms with Gasteiger partial charge in [-0.2, -0.15) is 0 Å². The molecule has 0 saturated carbocycles. The molecule has 15 heteroatoms. The van der Waals surface area contributed by atoms with Crippen LogP contribution in [0, 0.1) is 12.7 Å². The molecule has 2 amide bonds. The number of fused-ring (bicyclic) bond motifs is 2. The number of carbonyl (C=O) groups excluding carboxylic acids is 2. The number of methoxy groups -OCH3 is 1. The molecule has 0 bridgehead atoms. The zero-order valence-electron chi connectivity index (χ0n) is 26.6. The van der Waals surface area contributed by atoms with E-state index in [-0.39, 0.29) is 30.6 Å². The Morgan fingerprint density at radius 2 is 1.96 bits per heavy atom. The molecule has 1 aliphatic rings. The standard InChI is InChI=1S/C33H33FN6O7S/c1-17-9-22(30-26(10-17)38-29(44-4)14-36-30)31-39-25-11-23(34)27(12-28(25)48-31)46-18(2)19(3)47-33(43)37-20-5-6-24(35-13-20)32(42)40-7-8-45-16-21(40)15-41/h5-6,9-14,18-19,21,41H,7-8,15-16H2,1-4H3,(H,37,43)/t18-,19+,21-/m0/s1. The van der Waals surface area contributed by atoms with Gasteiger partial charge in [0.2, 0.25) is 5.88 Å². The van der Waals surface area contributed by atoms with Crippen LogP contribution >= 0.6 is 11.3 Å². The number of anilines is 1. The summed E-state index contributed by atoms with van der Waals surface area (Å²) in [7, 11) is 1.53. The van der Waals surface area contributed by atoms with Crippen LogP contribution in [0.15, 0.2) is 48.8 Å². The molecule has 48 heavy (non-hydrogen) atoms. The first-order valence-corrected chi connectivity index (χ1v) is 16.0. The van der Waals surface area contributed by atoms with E-state index in [0.717, 1.165) is 11.1 Å². The van der Waals surface area contributed by atoms with Gasteiger partial charge in [-0.25, -0.2) is 29.1 Å². The summed E-state index contributed by atoms with van der Waals surface area (Å²) in [5.74, 6) is -0.555. The molecule has 13 nitrogen and oxygen atoms in total. The monoisotopic (exact) mass is 676 g/mol. The summed E-state index contributed by atoms with van der Waals surface area (Å²) in [4.78, 5) is 44.8. The molecule has 6 rings (SSSR count). The highest BCUT2D eigenvalue weighted by Gasteiger charge is 2.28. The lowest BCUT2D eigenvalue weighted by atomic mass is 10.1. The van der Waals surface area contributed by atoms with E-state index in [1.165, 1.54) is 47.7 Å². The third kappa shape index (κ3) is 6.98. The average Bonchev–Trinajstić information content (AvgIpc) is 3.49. The molecule has 0 radical (unpaired) electrons. The Kier molecular flexibility index (Phi) is 9.61. The lowest BCUT2D eigenvalue weighted by Gasteiger charge is -2.34. The topological polar surface area (TPSA) is 158 Å². The lowest BCUT2D eigenvalue weighted by Crippen LogP contribution is -2.50. The van der Waals surface area contributed by atoms with Gasteiger partial charge in [0.05, 0.1) is 72.3 Å². The molecule has 0 unspecified atom stereocenters. The Morgan fingerprint density at radius 3 is 2.71 bits per heavy atom. The third-order valence-corrected chi connectivity index (χ3v) is 8.90. The van der Waals surface area contributed by atoms with Gasteiger partial charge in [-0.05, 0) is 50.6 Å². The molecule has 250 valence electrons. The van der Waals surface area contributed by atoms with Gasteiger partial charge < -0.3 is 29.0 Å². The second-order valence-corrected chi connectivity index (χ2v) is 12.3. The number of ether oxygens (including phenoxy) is 4. The quantitative estimate of drug-likeness (QED) is 0.217. The highest BCUT2D eigenvalue weighted by molar-refractivity contribution is 7.21. The van der Waals surface area contributed by atoms with E-state index in [1.54, 1.807) is 26.1 Å². The van der Waals surface area contributed by atoms with Gasteiger partial charge >= 0.3 is 6.09 Å². The number of aliphatic hydroxyl groups excluding tert-OH is 1. The maximum Gasteiger partial charge on any atom is 0.412 e. The van der Waals surface area contributed by atoms with E-state index >= 15 is 4.39 Å². The third-order valence-electron chi connectivity index (χ3n) is 7.85. The van der Waals surface area contributed by atoms with Crippen molar-refractivity contribution in [3.63, 3.8) is 0 Å². The Hall–Kier alpha value is -4.99. The van der Waals surface area contributed by atoms with Crippen molar-refractivity contribution < 1.29 is 38.0 Å². The number of morpholine rings is 1. The molecular formula is C33H33FN6O7S. The largest absolute Gasteiger partial charge is 0.484 e. The van der Waals surface area contributed by atoms with Gasteiger partial charge in [-0.1, -0.05) is 0 Å². The minimum Gasteiger partial charge on any atom is -0.484 e. The number of aromatic nitrogens is 4. The number of pyridine rings is 1. The number of rotatable bonds is 9. The first kappa shape index (κ1) is 32.9. The summed E-state index contributed by atoms with van der Waals surface area (Å²) in [6.45, 7) is 5.99. The number of hydrogen-bond acceptors (Lipinski definition) is 12. The number of aryl methyl sites for hydroxylation is 1. The Balaban J connectivity index is 1.10. The zero-order valence-corrected chi connectivity index (χ0v) is 27.4. The van der Waals surface area contributed by atoms with Crippen LogP contribution in [0.4, 0.5) is 14.9 Å². The molecule has 2 N–H and O–H groups in total. The number of carbonyl (C=O) groups is 2. The highest BCUT2D eigenvalue weighted by Crippen LogP contribution is 2.37. The average molecular weight is 677 g/mol. The van der Waals surface area contributed by atoms with Gasteiger partial charge in [-0.15, -0.1) is 11.3 Å². The second-order valence-electron chi connectivity index (χ2n) is 11.3. The number of amides is 2. The predicted octanol–water partition coefficient (Wildman–Crippen LogP) is 5.00. The van der Waals surface area contributed by atoms with E-state index in [4.69, 9.17) is 18.9 Å². The zero-order chi connectivity index (χ0) is 33.9. The molecule has 1 saturated heterocycles. The van der Waals surface area contributed by atoms with E-state index in [2.05, 4.69) is 25.3 Å². The summed E-state index contributed by atoms with van der Waals surface area (Å²) < 4.78 is 37.8. The molecular weight excluding hydrogens is 643 g/mol. The van der Waals surface area contributed by atoms with Crippen LogP contribution in [0.3, 0.4) is 0 Å². The van der Waals surface area contributed by atoms with E-state index < -0.39 is 30.2 Å². The van der Waals surface area contributed by atoms with Crippen LogP contribution in [0.2, 0.25) is 0 Å². The fourth-order valence-corrected chi connectivity index (χ4v) is 6.16. The number of thiazole rings is 1. The Bertz CT molecular complexity index is 1970. The first-order chi connectivity index (χ1) is 23.1. The number of nitrogens with one attached hydrogen (secondary N) is 1. The van der Waals surface area contributed by atoms with Gasteiger partial charge in [0.15, 0.2) is 11.6 Å². The Labute approximate surface area is 278 Å². The van der Waals surface area contributed by atoms with Crippen LogP contribution in [-0.2, 0) is 9.47 Å². The van der Waals surface area contributed by atoms with Gasteiger partial charge in [0.25, 0.3) is 5.91 Å². The van der Waals surface area contributed by atoms with Crippen molar-refractivity contribution >= 4 is 50.3 Å². The number of aliphatic hydroxyl groups is 1. The van der Waals surface area contributed by atoms with Crippen molar-refractivity contribution in [3.05, 3.63) is 65.9 Å². The maximum absolute atomic E-state index is 15.2. The number of benzene rings is 2. The Morgan fingerprint density at radius 1 is 1.12 bits per heavy atom. The van der Waals surface area contributed by atoms with Crippen molar-refractivity contribution in [2.24, 2.45) is 0 Å². The summed E-state index contributed by atoms with van der Waals surface area (Å²) >= 11 is 1.37. The minimum atomic E-state index is -0.776. The summed E-state index contributed by atoms with van der Waals surface area (Å²) in [5.41, 5.74) is 3.99. The highest BCUT2D eigenvalue weighted by atomic mass is 32.1. The lowest BCUT2D eigenvalue weighted by molar-refractivity contribution is -0.0186. The molecule has 0 spiro atoms. The van der Waals surface area contributed by atoms with Crippen molar-refractivity contribution in [1.29, 1.82) is 0 Å². The van der Waals surface area contributed by atoms with Crippen LogP contribution in [-0.4, -0.2) is 93.7 Å². The molecule has 5 aromatic rings. The molecule has 0 aliphatic carbocycles. The predicted molar refractivity (Wildman–Crippen MR) is 176 cm³/mol. The molecule has 2 aromatic carbocycles. The molecule has 3 atom stereocenters. The van der Waals surface area contributed by atoms with E-state index in [1.807, 2.05) is 19.1 Å². The molecule has 4 heterocycles. The first-order valence-electron chi connectivity index (χ1n) is 15.1. The molecule has 1 aliphatic heterocycles. The van der Waals surface area contributed by atoms with Crippen molar-refractivity contribution in [3.8, 4) is 22.2 Å². The smallest absolute Gasteiger partial charge is 0.412 e. The van der Waals surface area contributed by atoms with E-state index in [9.17, 15) is 14.7 Å². The molecule has 3 aromatic heterocycles. The number of nitrogens with zero attached hydrogens (tertiary/aromatic N) is 5. The summed E-state index contributed by atoms with van der Waals surface area (Å²) in [6, 6.07) is 9.33. The number of hydrogen-bond donors (Lipinski definition) is 2. The normalized spacial score (nSPS) is 16.0. The summed E-state index contributed by atoms with van der Waals surface area (Å²) in [6.07, 6.45) is 0.622. The number of halogens is 1. The molecule has 1 fully saturated rings. The maximum atomic E-state index is 15.2. The van der Waals surface area contributed by atoms with E-state index in [0.29, 0.717) is 51.0 Å². The van der Waals surface area contributed by atoms with Crippen molar-refractivity contribution in [1.82, 2.24) is 24.8 Å². The second kappa shape index (κ2) is 14.0. The van der Waals surface area contributed by atoms with Crippen LogP contribution in [0.5, 0.6) is 11.6 Å². The van der Waals surface area contributed by atoms with Crippen LogP contribution in [0.25, 0.3) is 31.8 Å². The van der Waals surface area contributed by atoms with Gasteiger partial charge in [-0.3, -0.25) is 10.1 Å². The minimum absolute atomic E-state index is 0.00662.